The first-order valence-electron chi connectivity index (χ1n) is 6.53. The van der Waals surface area contributed by atoms with Gasteiger partial charge in [-0.1, -0.05) is 19.1 Å². The van der Waals surface area contributed by atoms with E-state index in [-0.39, 0.29) is 6.04 Å². The molecule has 0 spiro atoms. The molecule has 0 saturated heterocycles. The van der Waals surface area contributed by atoms with E-state index < -0.39 is 0 Å². The lowest BCUT2D eigenvalue weighted by atomic mass is 10.0. The third-order valence-corrected chi connectivity index (χ3v) is 4.72. The van der Waals surface area contributed by atoms with Gasteiger partial charge in [-0.15, -0.1) is 11.8 Å². The SMILES string of the molecule is CCSc1ccc(C(CCc2ccsc2)NN)cc1. The Balaban J connectivity index is 1.96. The highest BCUT2D eigenvalue weighted by Gasteiger charge is 2.09. The van der Waals surface area contributed by atoms with Crippen LogP contribution in [0, 0.1) is 0 Å². The first kappa shape index (κ1) is 14.6. The van der Waals surface area contributed by atoms with E-state index in [0.29, 0.717) is 0 Å². The van der Waals surface area contributed by atoms with E-state index in [0.717, 1.165) is 18.6 Å². The van der Waals surface area contributed by atoms with Crippen LogP contribution >= 0.6 is 23.1 Å². The molecular weight excluding hydrogens is 272 g/mol. The number of hydrogen-bond acceptors (Lipinski definition) is 4. The van der Waals surface area contributed by atoms with Gasteiger partial charge in [-0.2, -0.15) is 11.3 Å². The van der Waals surface area contributed by atoms with Gasteiger partial charge in [0.2, 0.25) is 0 Å². The van der Waals surface area contributed by atoms with E-state index >= 15 is 0 Å². The van der Waals surface area contributed by atoms with Crippen molar-refractivity contribution in [2.24, 2.45) is 5.84 Å². The molecule has 4 heteroatoms. The molecule has 0 aliphatic carbocycles. The zero-order valence-electron chi connectivity index (χ0n) is 11.1. The minimum Gasteiger partial charge on any atom is -0.271 e. The van der Waals surface area contributed by atoms with Crippen molar-refractivity contribution in [3.8, 4) is 0 Å². The third kappa shape index (κ3) is 4.35. The Morgan fingerprint density at radius 3 is 2.63 bits per heavy atom. The summed E-state index contributed by atoms with van der Waals surface area (Å²) < 4.78 is 0. The van der Waals surface area contributed by atoms with Crippen molar-refractivity contribution in [3.63, 3.8) is 0 Å². The Kier molecular flexibility index (Phi) is 5.92. The Morgan fingerprint density at radius 1 is 1.26 bits per heavy atom. The molecule has 0 amide bonds. The van der Waals surface area contributed by atoms with Crippen LogP contribution in [0.25, 0.3) is 0 Å². The first-order valence-corrected chi connectivity index (χ1v) is 8.46. The number of thioether (sulfide) groups is 1. The minimum absolute atomic E-state index is 0.223. The highest BCUT2D eigenvalue weighted by molar-refractivity contribution is 7.99. The van der Waals surface area contributed by atoms with Crippen LogP contribution in [0.4, 0.5) is 0 Å². The van der Waals surface area contributed by atoms with Gasteiger partial charge in [0.15, 0.2) is 0 Å². The van der Waals surface area contributed by atoms with Crippen molar-refractivity contribution in [2.75, 3.05) is 5.75 Å². The smallest absolute Gasteiger partial charge is 0.0463 e. The maximum absolute atomic E-state index is 5.69. The molecule has 102 valence electrons. The molecule has 1 aromatic heterocycles. The van der Waals surface area contributed by atoms with Crippen molar-refractivity contribution in [3.05, 3.63) is 52.2 Å². The average Bonchev–Trinajstić information content (AvgIpc) is 2.95. The second kappa shape index (κ2) is 7.70. The maximum Gasteiger partial charge on any atom is 0.0463 e. The number of hydrogen-bond donors (Lipinski definition) is 2. The van der Waals surface area contributed by atoms with E-state index in [9.17, 15) is 0 Å². The van der Waals surface area contributed by atoms with Crippen molar-refractivity contribution in [2.45, 2.75) is 30.7 Å². The standard InChI is InChI=1S/C15H20N2S2/c1-2-19-14-6-4-13(5-7-14)15(17-16)8-3-12-9-10-18-11-12/h4-7,9-11,15,17H,2-3,8,16H2,1H3. The molecule has 2 nitrogen and oxygen atoms in total. The van der Waals surface area contributed by atoms with E-state index in [1.54, 1.807) is 11.3 Å². The topological polar surface area (TPSA) is 38.0 Å². The predicted molar refractivity (Wildman–Crippen MR) is 85.5 cm³/mol. The summed E-state index contributed by atoms with van der Waals surface area (Å²) in [6.07, 6.45) is 2.08. The lowest BCUT2D eigenvalue weighted by Gasteiger charge is -2.16. The second-order valence-electron chi connectivity index (χ2n) is 4.39. The van der Waals surface area contributed by atoms with Crippen LogP contribution in [0.5, 0.6) is 0 Å². The summed E-state index contributed by atoms with van der Waals surface area (Å²) in [4.78, 5) is 1.32. The molecule has 0 radical (unpaired) electrons. The van der Waals surface area contributed by atoms with Crippen LogP contribution in [0.3, 0.4) is 0 Å². The summed E-state index contributed by atoms with van der Waals surface area (Å²) in [5.41, 5.74) is 5.58. The molecular formula is C15H20N2S2. The van der Waals surface area contributed by atoms with E-state index in [4.69, 9.17) is 5.84 Å². The van der Waals surface area contributed by atoms with Crippen LogP contribution in [-0.2, 0) is 6.42 Å². The van der Waals surface area contributed by atoms with Crippen LogP contribution in [0.2, 0.25) is 0 Å². The first-order chi connectivity index (χ1) is 9.33. The molecule has 1 unspecified atom stereocenters. The number of nitrogens with one attached hydrogen (secondary N) is 1. The van der Waals surface area contributed by atoms with Gasteiger partial charge >= 0.3 is 0 Å². The predicted octanol–water partition coefficient (Wildman–Crippen LogP) is 4.00. The molecule has 3 N–H and O–H groups in total. The van der Waals surface area contributed by atoms with Gasteiger partial charge in [-0.05, 0) is 58.7 Å². The van der Waals surface area contributed by atoms with Gasteiger partial charge in [-0.3, -0.25) is 11.3 Å². The number of thiophene rings is 1. The highest BCUT2D eigenvalue weighted by atomic mass is 32.2. The summed E-state index contributed by atoms with van der Waals surface area (Å²) in [6, 6.07) is 11.1. The number of rotatable bonds is 7. The van der Waals surface area contributed by atoms with E-state index in [2.05, 4.69) is 53.4 Å². The van der Waals surface area contributed by atoms with Crippen molar-refractivity contribution < 1.29 is 0 Å². The molecule has 0 aliphatic heterocycles. The summed E-state index contributed by atoms with van der Waals surface area (Å²) in [6.45, 7) is 2.17. The quantitative estimate of drug-likeness (QED) is 0.460. The number of aryl methyl sites for hydroxylation is 1. The van der Waals surface area contributed by atoms with E-state index in [1.165, 1.54) is 16.0 Å². The Labute approximate surface area is 123 Å². The van der Waals surface area contributed by atoms with Gasteiger partial charge in [-0.25, -0.2) is 0 Å². The monoisotopic (exact) mass is 292 g/mol. The van der Waals surface area contributed by atoms with Crippen molar-refractivity contribution in [1.29, 1.82) is 0 Å². The van der Waals surface area contributed by atoms with Crippen LogP contribution < -0.4 is 11.3 Å². The fraction of sp³-hybridized carbons (Fsp3) is 0.333. The van der Waals surface area contributed by atoms with Crippen LogP contribution in [0.1, 0.15) is 30.5 Å². The lowest BCUT2D eigenvalue weighted by molar-refractivity contribution is 0.516. The zero-order valence-corrected chi connectivity index (χ0v) is 12.8. The van der Waals surface area contributed by atoms with Gasteiger partial charge < -0.3 is 0 Å². The van der Waals surface area contributed by atoms with Gasteiger partial charge in [0.25, 0.3) is 0 Å². The molecule has 2 rings (SSSR count). The van der Waals surface area contributed by atoms with Crippen LogP contribution in [-0.4, -0.2) is 5.75 Å². The number of nitrogens with two attached hydrogens (primary N) is 1. The summed E-state index contributed by atoms with van der Waals surface area (Å²) >= 11 is 3.61. The second-order valence-corrected chi connectivity index (χ2v) is 6.51. The third-order valence-electron chi connectivity index (χ3n) is 3.10. The van der Waals surface area contributed by atoms with Crippen molar-refractivity contribution >= 4 is 23.1 Å². The largest absolute Gasteiger partial charge is 0.271 e. The lowest BCUT2D eigenvalue weighted by Crippen LogP contribution is -2.28. The highest BCUT2D eigenvalue weighted by Crippen LogP contribution is 2.23. The van der Waals surface area contributed by atoms with Gasteiger partial charge in [0.1, 0.15) is 0 Å². The molecule has 1 aromatic carbocycles. The minimum atomic E-state index is 0.223. The maximum atomic E-state index is 5.69. The fourth-order valence-corrected chi connectivity index (χ4v) is 3.42. The molecule has 0 aliphatic rings. The Bertz CT molecular complexity index is 465. The van der Waals surface area contributed by atoms with E-state index in [1.807, 2.05) is 11.8 Å². The summed E-state index contributed by atoms with van der Waals surface area (Å²) in [5, 5.41) is 4.32. The van der Waals surface area contributed by atoms with Gasteiger partial charge in [0.05, 0.1) is 0 Å². The van der Waals surface area contributed by atoms with Crippen LogP contribution in [0.15, 0.2) is 46.0 Å². The fourth-order valence-electron chi connectivity index (χ4n) is 2.06. The average molecular weight is 292 g/mol. The molecule has 0 fully saturated rings. The molecule has 2 aromatic rings. The number of hydrazine groups is 1. The van der Waals surface area contributed by atoms with Gasteiger partial charge in [0, 0.05) is 10.9 Å². The summed E-state index contributed by atoms with van der Waals surface area (Å²) in [5.74, 6) is 6.80. The Hall–Kier alpha value is -0.810. The molecule has 0 bridgehead atoms. The molecule has 19 heavy (non-hydrogen) atoms. The van der Waals surface area contributed by atoms with Crippen molar-refractivity contribution in [1.82, 2.24) is 5.43 Å². The molecule has 1 heterocycles. The summed E-state index contributed by atoms with van der Waals surface area (Å²) in [7, 11) is 0. The molecule has 1 atom stereocenters. The normalized spacial score (nSPS) is 12.5. The number of benzene rings is 1. The zero-order chi connectivity index (χ0) is 13.5. The molecule has 0 saturated carbocycles. The Morgan fingerprint density at radius 2 is 2.05 bits per heavy atom.